The molecule has 2 aromatic rings. The first-order valence-corrected chi connectivity index (χ1v) is 8.38. The number of rotatable bonds is 8. The third-order valence-electron chi connectivity index (χ3n) is 4.33. The van der Waals surface area contributed by atoms with Crippen molar-refractivity contribution in [2.45, 2.75) is 38.4 Å². The zero-order valence-electron chi connectivity index (χ0n) is 13.4. The van der Waals surface area contributed by atoms with Crippen LogP contribution in [-0.2, 0) is 11.3 Å². The summed E-state index contributed by atoms with van der Waals surface area (Å²) in [6.45, 7) is 0.930. The Balaban J connectivity index is 1.45. The smallest absolute Gasteiger partial charge is 0.127 e. The van der Waals surface area contributed by atoms with Crippen molar-refractivity contribution >= 4 is 0 Å². The van der Waals surface area contributed by atoms with E-state index in [-0.39, 0.29) is 0 Å². The first kappa shape index (κ1) is 16.0. The van der Waals surface area contributed by atoms with Gasteiger partial charge in [-0.15, -0.1) is 0 Å². The van der Waals surface area contributed by atoms with Gasteiger partial charge in [0.25, 0.3) is 0 Å². The second kappa shape index (κ2) is 8.14. The van der Waals surface area contributed by atoms with Gasteiger partial charge in [0.2, 0.25) is 0 Å². The summed E-state index contributed by atoms with van der Waals surface area (Å²) < 4.78 is 11.8. The minimum absolute atomic E-state index is 0.302. The summed E-state index contributed by atoms with van der Waals surface area (Å²) in [7, 11) is 0. The standard InChI is InChI=1S/C20H24O3/c21-11-5-7-16-12-20(13-16)22-15-17-6-4-10-19(14-17)23-18-8-2-1-3-9-18/h1-4,6,8-10,14,16,20-21H,5,7,11-13,15H2/t16-,20+. The van der Waals surface area contributed by atoms with Crippen molar-refractivity contribution in [2.24, 2.45) is 5.92 Å². The van der Waals surface area contributed by atoms with E-state index >= 15 is 0 Å². The van der Waals surface area contributed by atoms with E-state index < -0.39 is 0 Å². The van der Waals surface area contributed by atoms with Gasteiger partial charge in [0, 0.05) is 6.61 Å². The van der Waals surface area contributed by atoms with E-state index in [1.165, 1.54) is 0 Å². The van der Waals surface area contributed by atoms with Crippen LogP contribution in [0.4, 0.5) is 0 Å². The van der Waals surface area contributed by atoms with Gasteiger partial charge in [-0.3, -0.25) is 0 Å². The fourth-order valence-electron chi connectivity index (χ4n) is 2.96. The van der Waals surface area contributed by atoms with Gasteiger partial charge in [0.1, 0.15) is 11.5 Å². The number of para-hydroxylation sites is 1. The molecular formula is C20H24O3. The van der Waals surface area contributed by atoms with Crippen LogP contribution in [0.25, 0.3) is 0 Å². The van der Waals surface area contributed by atoms with Crippen LogP contribution in [0.5, 0.6) is 11.5 Å². The number of aliphatic hydroxyl groups excluding tert-OH is 1. The largest absolute Gasteiger partial charge is 0.457 e. The lowest BCUT2D eigenvalue weighted by atomic mass is 9.79. The van der Waals surface area contributed by atoms with Gasteiger partial charge in [-0.2, -0.15) is 0 Å². The molecule has 0 amide bonds. The maximum atomic E-state index is 8.84. The molecule has 0 unspecified atom stereocenters. The highest BCUT2D eigenvalue weighted by Gasteiger charge is 2.29. The normalized spacial score (nSPS) is 20.0. The molecule has 0 atom stereocenters. The Morgan fingerprint density at radius 3 is 2.52 bits per heavy atom. The summed E-state index contributed by atoms with van der Waals surface area (Å²) >= 11 is 0. The SMILES string of the molecule is OCCC[C@H]1C[C@@H](OCc2cccc(Oc3ccccc3)c2)C1. The highest BCUT2D eigenvalue weighted by molar-refractivity contribution is 5.33. The Labute approximate surface area is 137 Å². The van der Waals surface area contributed by atoms with Gasteiger partial charge < -0.3 is 14.6 Å². The van der Waals surface area contributed by atoms with Crippen LogP contribution >= 0.6 is 0 Å². The number of aliphatic hydroxyl groups is 1. The number of hydrogen-bond donors (Lipinski definition) is 1. The fourth-order valence-corrected chi connectivity index (χ4v) is 2.96. The molecule has 23 heavy (non-hydrogen) atoms. The van der Waals surface area contributed by atoms with E-state index in [4.69, 9.17) is 14.6 Å². The summed E-state index contributed by atoms with van der Waals surface area (Å²) in [6.07, 6.45) is 4.66. The summed E-state index contributed by atoms with van der Waals surface area (Å²) in [5, 5.41) is 8.84. The lowest BCUT2D eigenvalue weighted by Crippen LogP contribution is -2.31. The molecular weight excluding hydrogens is 288 g/mol. The van der Waals surface area contributed by atoms with Gasteiger partial charge in [-0.05, 0) is 61.4 Å². The van der Waals surface area contributed by atoms with Gasteiger partial charge in [0.05, 0.1) is 12.7 Å². The van der Waals surface area contributed by atoms with E-state index in [1.807, 2.05) is 48.5 Å². The van der Waals surface area contributed by atoms with Gasteiger partial charge in [0.15, 0.2) is 0 Å². The third kappa shape index (κ3) is 4.81. The van der Waals surface area contributed by atoms with E-state index in [1.54, 1.807) is 0 Å². The molecule has 0 bridgehead atoms. The molecule has 2 aromatic carbocycles. The number of hydrogen-bond acceptors (Lipinski definition) is 3. The molecule has 122 valence electrons. The molecule has 0 aromatic heterocycles. The maximum Gasteiger partial charge on any atom is 0.127 e. The van der Waals surface area contributed by atoms with Crippen LogP contribution in [0, 0.1) is 5.92 Å². The average molecular weight is 312 g/mol. The first-order chi connectivity index (χ1) is 11.3. The van der Waals surface area contributed by atoms with Crippen molar-refractivity contribution in [1.82, 2.24) is 0 Å². The van der Waals surface area contributed by atoms with Crippen molar-refractivity contribution < 1.29 is 14.6 Å². The van der Waals surface area contributed by atoms with Crippen LogP contribution in [0.2, 0.25) is 0 Å². The monoisotopic (exact) mass is 312 g/mol. The van der Waals surface area contributed by atoms with Crippen molar-refractivity contribution in [1.29, 1.82) is 0 Å². The lowest BCUT2D eigenvalue weighted by Gasteiger charge is -2.35. The summed E-state index contributed by atoms with van der Waals surface area (Å²) in [6, 6.07) is 17.9. The molecule has 0 radical (unpaired) electrons. The maximum absolute atomic E-state index is 8.84. The van der Waals surface area contributed by atoms with Crippen LogP contribution < -0.4 is 4.74 Å². The predicted octanol–water partition coefficient (Wildman–Crippen LogP) is 4.55. The molecule has 3 nitrogen and oxygen atoms in total. The topological polar surface area (TPSA) is 38.7 Å². The molecule has 1 fully saturated rings. The van der Waals surface area contributed by atoms with Crippen molar-refractivity contribution in [2.75, 3.05) is 6.61 Å². The van der Waals surface area contributed by atoms with E-state index in [0.29, 0.717) is 19.3 Å². The number of ether oxygens (including phenoxy) is 2. The number of benzene rings is 2. The second-order valence-electron chi connectivity index (χ2n) is 6.20. The van der Waals surface area contributed by atoms with Crippen LogP contribution in [0.15, 0.2) is 54.6 Å². The summed E-state index contributed by atoms with van der Waals surface area (Å²) in [4.78, 5) is 0. The third-order valence-corrected chi connectivity index (χ3v) is 4.33. The molecule has 0 heterocycles. The van der Waals surface area contributed by atoms with Crippen molar-refractivity contribution in [3.63, 3.8) is 0 Å². The highest BCUT2D eigenvalue weighted by atomic mass is 16.5. The summed E-state index contributed by atoms with van der Waals surface area (Å²) in [5.74, 6) is 2.42. The molecule has 3 heteroatoms. The molecule has 0 saturated heterocycles. The first-order valence-electron chi connectivity index (χ1n) is 8.38. The van der Waals surface area contributed by atoms with Gasteiger partial charge in [-0.1, -0.05) is 30.3 Å². The minimum Gasteiger partial charge on any atom is -0.457 e. The molecule has 1 aliphatic rings. The quantitative estimate of drug-likeness (QED) is 0.777. The molecule has 1 N–H and O–H groups in total. The molecule has 1 aliphatic carbocycles. The molecule has 1 saturated carbocycles. The van der Waals surface area contributed by atoms with E-state index in [2.05, 4.69) is 6.07 Å². The van der Waals surface area contributed by atoms with Crippen LogP contribution in [-0.4, -0.2) is 17.8 Å². The Morgan fingerprint density at radius 1 is 0.957 bits per heavy atom. The molecule has 0 spiro atoms. The van der Waals surface area contributed by atoms with E-state index in [0.717, 1.165) is 48.7 Å². The van der Waals surface area contributed by atoms with Gasteiger partial charge in [-0.25, -0.2) is 0 Å². The lowest BCUT2D eigenvalue weighted by molar-refractivity contribution is -0.0432. The molecule has 0 aliphatic heterocycles. The van der Waals surface area contributed by atoms with Gasteiger partial charge >= 0.3 is 0 Å². The Kier molecular flexibility index (Phi) is 5.67. The van der Waals surface area contributed by atoms with Crippen molar-refractivity contribution in [3.05, 3.63) is 60.2 Å². The van der Waals surface area contributed by atoms with Crippen LogP contribution in [0.3, 0.4) is 0 Å². The zero-order valence-corrected chi connectivity index (χ0v) is 13.4. The molecule has 3 rings (SSSR count). The summed E-state index contributed by atoms with van der Waals surface area (Å²) in [5.41, 5.74) is 1.14. The Morgan fingerprint density at radius 2 is 1.74 bits per heavy atom. The second-order valence-corrected chi connectivity index (χ2v) is 6.20. The van der Waals surface area contributed by atoms with Crippen molar-refractivity contribution in [3.8, 4) is 11.5 Å². The fraction of sp³-hybridized carbons (Fsp3) is 0.400. The highest BCUT2D eigenvalue weighted by Crippen LogP contribution is 2.34. The van der Waals surface area contributed by atoms with E-state index in [9.17, 15) is 0 Å². The average Bonchev–Trinajstić information content (AvgIpc) is 2.54. The Bertz CT molecular complexity index is 591. The zero-order chi connectivity index (χ0) is 15.9. The predicted molar refractivity (Wildman–Crippen MR) is 90.6 cm³/mol. The van der Waals surface area contributed by atoms with Crippen LogP contribution in [0.1, 0.15) is 31.2 Å². The minimum atomic E-state index is 0.302. The Hall–Kier alpha value is -1.84.